The van der Waals surface area contributed by atoms with Crippen LogP contribution in [0.3, 0.4) is 0 Å². The maximum Gasteiger partial charge on any atom is 0.416 e. The van der Waals surface area contributed by atoms with E-state index < -0.39 is 11.7 Å². The summed E-state index contributed by atoms with van der Waals surface area (Å²) in [6, 6.07) is 6.71. The number of nitrogens with zero attached hydrogens (tertiary/aromatic N) is 1. The molecule has 1 aromatic heterocycles. The zero-order chi connectivity index (χ0) is 13.3. The van der Waals surface area contributed by atoms with Crippen molar-refractivity contribution < 1.29 is 13.2 Å². The molecule has 6 heteroatoms. The molecule has 0 aliphatic rings. The molecule has 1 heterocycles. The van der Waals surface area contributed by atoms with Crippen molar-refractivity contribution in [3.05, 3.63) is 46.6 Å². The lowest BCUT2D eigenvalue weighted by molar-refractivity contribution is -0.137. The maximum atomic E-state index is 12.6. The van der Waals surface area contributed by atoms with E-state index in [4.69, 9.17) is 5.73 Å². The summed E-state index contributed by atoms with van der Waals surface area (Å²) in [6.07, 6.45) is -2.91. The number of alkyl halides is 3. The first-order valence-corrected chi connectivity index (χ1v) is 5.76. The van der Waals surface area contributed by atoms with E-state index in [1.807, 2.05) is 0 Å². The molecule has 2 nitrogen and oxygen atoms in total. The van der Waals surface area contributed by atoms with E-state index in [2.05, 4.69) is 20.9 Å². The molecule has 0 fully saturated rings. The molecule has 0 unspecified atom stereocenters. The molecule has 18 heavy (non-hydrogen) atoms. The molecule has 0 aliphatic heterocycles. The van der Waals surface area contributed by atoms with Crippen LogP contribution in [-0.2, 0) is 6.18 Å². The molecule has 0 saturated heterocycles. The predicted molar refractivity (Wildman–Crippen MR) is 66.8 cm³/mol. The minimum absolute atomic E-state index is 0.297. The number of nitrogen functional groups attached to an aromatic ring is 1. The molecule has 2 aromatic rings. The number of hydrogen-bond donors (Lipinski definition) is 1. The highest BCUT2D eigenvalue weighted by Gasteiger charge is 2.30. The van der Waals surface area contributed by atoms with E-state index >= 15 is 0 Å². The van der Waals surface area contributed by atoms with Gasteiger partial charge in [-0.1, -0.05) is 12.1 Å². The zero-order valence-electron chi connectivity index (χ0n) is 9.00. The molecule has 0 saturated carbocycles. The molecule has 1 aromatic carbocycles. The largest absolute Gasteiger partial charge is 0.416 e. The summed E-state index contributed by atoms with van der Waals surface area (Å²) < 4.78 is 38.3. The Balaban J connectivity index is 2.48. The van der Waals surface area contributed by atoms with Crippen molar-refractivity contribution in [3.63, 3.8) is 0 Å². The monoisotopic (exact) mass is 316 g/mol. The Kier molecular flexibility index (Phi) is 3.30. The fraction of sp³-hybridized carbons (Fsp3) is 0.0833. The average molecular weight is 317 g/mol. The van der Waals surface area contributed by atoms with Crippen molar-refractivity contribution >= 4 is 21.7 Å². The van der Waals surface area contributed by atoms with Crippen LogP contribution in [0.4, 0.5) is 19.0 Å². The van der Waals surface area contributed by atoms with Gasteiger partial charge < -0.3 is 5.73 Å². The second-order valence-corrected chi connectivity index (χ2v) is 4.52. The van der Waals surface area contributed by atoms with E-state index in [1.165, 1.54) is 12.3 Å². The van der Waals surface area contributed by atoms with E-state index in [0.717, 1.165) is 12.1 Å². The summed E-state index contributed by atoms with van der Waals surface area (Å²) in [5, 5.41) is 0. The Hall–Kier alpha value is -1.56. The SMILES string of the molecule is Nc1ncc(-c2cccc(C(F)(F)F)c2)cc1Br. The lowest BCUT2D eigenvalue weighted by atomic mass is 10.0. The number of halogens is 4. The Bertz CT molecular complexity index is 582. The van der Waals surface area contributed by atoms with Crippen LogP contribution in [0.5, 0.6) is 0 Å². The van der Waals surface area contributed by atoms with Gasteiger partial charge in [0.25, 0.3) is 0 Å². The number of hydrogen-bond acceptors (Lipinski definition) is 2. The first-order valence-electron chi connectivity index (χ1n) is 4.96. The second kappa shape index (κ2) is 4.61. The fourth-order valence-electron chi connectivity index (χ4n) is 1.48. The first-order chi connectivity index (χ1) is 8.38. The van der Waals surface area contributed by atoms with E-state index in [1.54, 1.807) is 12.1 Å². The number of pyridine rings is 1. The van der Waals surface area contributed by atoms with Gasteiger partial charge in [0.1, 0.15) is 5.82 Å². The zero-order valence-corrected chi connectivity index (χ0v) is 10.6. The van der Waals surface area contributed by atoms with Crippen molar-refractivity contribution in [2.75, 3.05) is 5.73 Å². The van der Waals surface area contributed by atoms with Crippen LogP contribution in [0, 0.1) is 0 Å². The Morgan fingerprint density at radius 1 is 1.11 bits per heavy atom. The molecule has 0 atom stereocenters. The Morgan fingerprint density at radius 3 is 2.44 bits per heavy atom. The van der Waals surface area contributed by atoms with Crippen molar-refractivity contribution in [1.82, 2.24) is 4.98 Å². The number of nitrogens with two attached hydrogens (primary N) is 1. The molecular formula is C12H8BrF3N2. The van der Waals surface area contributed by atoms with Gasteiger partial charge in [0.05, 0.1) is 10.0 Å². The minimum atomic E-state index is -4.35. The van der Waals surface area contributed by atoms with Crippen LogP contribution in [-0.4, -0.2) is 4.98 Å². The average Bonchev–Trinajstić information content (AvgIpc) is 2.32. The third-order valence-corrected chi connectivity index (χ3v) is 3.03. The van der Waals surface area contributed by atoms with Gasteiger partial charge in [-0.15, -0.1) is 0 Å². The van der Waals surface area contributed by atoms with Gasteiger partial charge in [0, 0.05) is 11.8 Å². The third kappa shape index (κ3) is 2.64. The molecule has 0 bridgehead atoms. The third-order valence-electron chi connectivity index (χ3n) is 2.39. The van der Waals surface area contributed by atoms with Crippen LogP contribution in [0.1, 0.15) is 5.56 Å². The molecule has 2 N–H and O–H groups in total. The molecule has 0 spiro atoms. The van der Waals surface area contributed by atoms with E-state index in [-0.39, 0.29) is 0 Å². The standard InChI is InChI=1S/C12H8BrF3N2/c13-10-5-8(6-18-11(10)17)7-2-1-3-9(4-7)12(14,15)16/h1-6H,(H2,17,18). The van der Waals surface area contributed by atoms with Crippen LogP contribution in [0.2, 0.25) is 0 Å². The van der Waals surface area contributed by atoms with Gasteiger partial charge in [-0.3, -0.25) is 0 Å². The summed E-state index contributed by atoms with van der Waals surface area (Å²) in [4.78, 5) is 3.90. The van der Waals surface area contributed by atoms with E-state index in [9.17, 15) is 13.2 Å². The van der Waals surface area contributed by atoms with Crippen molar-refractivity contribution in [2.24, 2.45) is 0 Å². The highest BCUT2D eigenvalue weighted by molar-refractivity contribution is 9.10. The summed E-state index contributed by atoms with van der Waals surface area (Å²) in [5.41, 5.74) is 5.85. The second-order valence-electron chi connectivity index (χ2n) is 3.67. The molecule has 0 aliphatic carbocycles. The molecule has 2 rings (SSSR count). The molecule has 94 valence electrons. The van der Waals surface area contributed by atoms with Crippen LogP contribution < -0.4 is 5.73 Å². The van der Waals surface area contributed by atoms with Gasteiger partial charge in [-0.05, 0) is 39.7 Å². The summed E-state index contributed by atoms with van der Waals surface area (Å²) in [5.74, 6) is 0.297. The molecule has 0 amide bonds. The fourth-order valence-corrected chi connectivity index (χ4v) is 1.83. The normalized spacial score (nSPS) is 11.6. The van der Waals surface area contributed by atoms with Crippen LogP contribution >= 0.6 is 15.9 Å². The highest BCUT2D eigenvalue weighted by atomic mass is 79.9. The van der Waals surface area contributed by atoms with Gasteiger partial charge in [-0.2, -0.15) is 13.2 Å². The smallest absolute Gasteiger partial charge is 0.383 e. The van der Waals surface area contributed by atoms with Gasteiger partial charge in [0.2, 0.25) is 0 Å². The van der Waals surface area contributed by atoms with Gasteiger partial charge in [0.15, 0.2) is 0 Å². The number of benzene rings is 1. The Labute approximate surface area is 110 Å². The van der Waals surface area contributed by atoms with Crippen LogP contribution in [0.25, 0.3) is 11.1 Å². The van der Waals surface area contributed by atoms with Gasteiger partial charge >= 0.3 is 6.18 Å². The highest BCUT2D eigenvalue weighted by Crippen LogP contribution is 2.33. The van der Waals surface area contributed by atoms with Gasteiger partial charge in [-0.25, -0.2) is 4.98 Å². The first kappa shape index (κ1) is 12.9. The van der Waals surface area contributed by atoms with Crippen molar-refractivity contribution in [3.8, 4) is 11.1 Å². The quantitative estimate of drug-likeness (QED) is 0.859. The molecule has 0 radical (unpaired) electrons. The van der Waals surface area contributed by atoms with Crippen LogP contribution in [0.15, 0.2) is 41.0 Å². The minimum Gasteiger partial charge on any atom is -0.383 e. The maximum absolute atomic E-state index is 12.6. The number of anilines is 1. The summed E-state index contributed by atoms with van der Waals surface area (Å²) >= 11 is 3.19. The van der Waals surface area contributed by atoms with Crippen molar-refractivity contribution in [2.45, 2.75) is 6.18 Å². The number of rotatable bonds is 1. The number of aromatic nitrogens is 1. The summed E-state index contributed by atoms with van der Waals surface area (Å²) in [7, 11) is 0. The Morgan fingerprint density at radius 2 is 1.83 bits per heavy atom. The lowest BCUT2D eigenvalue weighted by Gasteiger charge is -2.09. The summed E-state index contributed by atoms with van der Waals surface area (Å²) in [6.45, 7) is 0. The topological polar surface area (TPSA) is 38.9 Å². The van der Waals surface area contributed by atoms with E-state index in [0.29, 0.717) is 21.4 Å². The van der Waals surface area contributed by atoms with Crippen molar-refractivity contribution in [1.29, 1.82) is 0 Å². The molecular weight excluding hydrogens is 309 g/mol. The lowest BCUT2D eigenvalue weighted by Crippen LogP contribution is -2.04. The predicted octanol–water partition coefficient (Wildman–Crippen LogP) is 4.11.